The smallest absolute Gasteiger partial charge is 0.317 e. The molecule has 0 unspecified atom stereocenters. The molecule has 0 amide bonds. The Kier molecular flexibility index (Phi) is 4.76. The Morgan fingerprint density at radius 3 is 2.85 bits per heavy atom. The number of aliphatic carboxylic acids is 1. The molecule has 108 valence electrons. The highest BCUT2D eigenvalue weighted by molar-refractivity contribution is 5.82. The lowest BCUT2D eigenvalue weighted by atomic mass is 10.1. The van der Waals surface area contributed by atoms with Crippen molar-refractivity contribution in [1.29, 1.82) is 0 Å². The number of rotatable bonds is 7. The van der Waals surface area contributed by atoms with Crippen molar-refractivity contribution in [3.63, 3.8) is 0 Å². The summed E-state index contributed by atoms with van der Waals surface area (Å²) in [5.74, 6) is -0.00874. The number of benzene rings is 1. The first-order chi connectivity index (χ1) is 9.61. The molecular formula is C15H19NO4. The van der Waals surface area contributed by atoms with E-state index in [0.29, 0.717) is 19.7 Å². The van der Waals surface area contributed by atoms with Gasteiger partial charge in [0.05, 0.1) is 13.2 Å². The zero-order chi connectivity index (χ0) is 14.5. The number of ether oxygens (including phenoxy) is 1. The standard InChI is InChI=1S/C15H19NO4/c1-11-13(12-5-3-4-6-14(12)20-11)9-16(7-8-19-2)10-15(17)18/h3-6H,7-10H2,1-2H3,(H,17,18). The van der Waals surface area contributed by atoms with Crippen molar-refractivity contribution in [2.45, 2.75) is 13.5 Å². The molecule has 0 saturated carbocycles. The Balaban J connectivity index is 2.22. The van der Waals surface area contributed by atoms with Crippen LogP contribution in [-0.2, 0) is 16.1 Å². The van der Waals surface area contributed by atoms with E-state index in [2.05, 4.69) is 0 Å². The summed E-state index contributed by atoms with van der Waals surface area (Å²) in [7, 11) is 1.61. The third-order valence-corrected chi connectivity index (χ3v) is 3.25. The van der Waals surface area contributed by atoms with Gasteiger partial charge in [0.1, 0.15) is 11.3 Å². The molecule has 2 aromatic rings. The van der Waals surface area contributed by atoms with Crippen LogP contribution >= 0.6 is 0 Å². The van der Waals surface area contributed by atoms with Crippen molar-refractivity contribution in [2.24, 2.45) is 0 Å². The summed E-state index contributed by atoms with van der Waals surface area (Å²) in [6.07, 6.45) is 0. The third kappa shape index (κ3) is 3.37. The summed E-state index contributed by atoms with van der Waals surface area (Å²) in [5.41, 5.74) is 1.87. The van der Waals surface area contributed by atoms with Crippen LogP contribution in [0.5, 0.6) is 0 Å². The van der Waals surface area contributed by atoms with Crippen molar-refractivity contribution in [3.05, 3.63) is 35.6 Å². The first-order valence-corrected chi connectivity index (χ1v) is 6.52. The van der Waals surface area contributed by atoms with Crippen LogP contribution in [0, 0.1) is 6.92 Å². The summed E-state index contributed by atoms with van der Waals surface area (Å²) < 4.78 is 10.7. The molecule has 0 saturated heterocycles. The van der Waals surface area contributed by atoms with Crippen LogP contribution in [0.1, 0.15) is 11.3 Å². The first-order valence-electron chi connectivity index (χ1n) is 6.52. The summed E-state index contributed by atoms with van der Waals surface area (Å²) in [5, 5.41) is 10.0. The molecule has 1 heterocycles. The van der Waals surface area contributed by atoms with Gasteiger partial charge in [-0.15, -0.1) is 0 Å². The van der Waals surface area contributed by atoms with Gasteiger partial charge < -0.3 is 14.3 Å². The first kappa shape index (κ1) is 14.6. The zero-order valence-corrected chi connectivity index (χ0v) is 11.8. The highest BCUT2D eigenvalue weighted by Crippen LogP contribution is 2.26. The number of hydrogen-bond donors (Lipinski definition) is 1. The molecule has 0 aliphatic carbocycles. The zero-order valence-electron chi connectivity index (χ0n) is 11.8. The topological polar surface area (TPSA) is 62.9 Å². The van der Waals surface area contributed by atoms with Crippen molar-refractivity contribution < 1.29 is 19.1 Å². The van der Waals surface area contributed by atoms with Crippen molar-refractivity contribution in [1.82, 2.24) is 4.90 Å². The Bertz CT molecular complexity index is 591. The van der Waals surface area contributed by atoms with Gasteiger partial charge in [-0.2, -0.15) is 0 Å². The summed E-state index contributed by atoms with van der Waals surface area (Å²) in [6.45, 7) is 3.51. The molecule has 0 bridgehead atoms. The largest absolute Gasteiger partial charge is 0.480 e. The highest BCUT2D eigenvalue weighted by atomic mass is 16.5. The number of nitrogens with zero attached hydrogens (tertiary/aromatic N) is 1. The molecule has 1 aromatic heterocycles. The van der Waals surface area contributed by atoms with Gasteiger partial charge >= 0.3 is 5.97 Å². The highest BCUT2D eigenvalue weighted by Gasteiger charge is 2.16. The van der Waals surface area contributed by atoms with E-state index in [9.17, 15) is 4.79 Å². The van der Waals surface area contributed by atoms with E-state index >= 15 is 0 Å². The van der Waals surface area contributed by atoms with E-state index in [1.807, 2.05) is 36.1 Å². The fourth-order valence-electron chi connectivity index (χ4n) is 2.27. The average Bonchev–Trinajstić information content (AvgIpc) is 2.72. The van der Waals surface area contributed by atoms with E-state index in [0.717, 1.165) is 22.3 Å². The van der Waals surface area contributed by atoms with Gasteiger partial charge in [0.2, 0.25) is 0 Å². The fraction of sp³-hybridized carbons (Fsp3) is 0.400. The van der Waals surface area contributed by atoms with Crippen LogP contribution in [0.25, 0.3) is 11.0 Å². The average molecular weight is 277 g/mol. The van der Waals surface area contributed by atoms with Crippen molar-refractivity contribution >= 4 is 16.9 Å². The maximum Gasteiger partial charge on any atom is 0.317 e. The maximum absolute atomic E-state index is 10.9. The van der Waals surface area contributed by atoms with E-state index in [1.54, 1.807) is 7.11 Å². The van der Waals surface area contributed by atoms with E-state index in [4.69, 9.17) is 14.3 Å². The quantitative estimate of drug-likeness (QED) is 0.841. The molecule has 1 N–H and O–H groups in total. The van der Waals surface area contributed by atoms with Gasteiger partial charge in [0.15, 0.2) is 0 Å². The van der Waals surface area contributed by atoms with Gasteiger partial charge in [0, 0.05) is 31.1 Å². The number of methoxy groups -OCH3 is 1. The summed E-state index contributed by atoms with van der Waals surface area (Å²) in [4.78, 5) is 12.8. The lowest BCUT2D eigenvalue weighted by Gasteiger charge is -2.19. The minimum atomic E-state index is -0.841. The van der Waals surface area contributed by atoms with Crippen LogP contribution in [0.2, 0.25) is 0 Å². The molecule has 20 heavy (non-hydrogen) atoms. The number of furan rings is 1. The molecule has 0 radical (unpaired) electrons. The molecule has 0 aliphatic rings. The van der Waals surface area contributed by atoms with Crippen LogP contribution in [0.15, 0.2) is 28.7 Å². The van der Waals surface area contributed by atoms with Crippen LogP contribution in [0.4, 0.5) is 0 Å². The van der Waals surface area contributed by atoms with Gasteiger partial charge in [-0.1, -0.05) is 18.2 Å². The Labute approximate surface area is 117 Å². The molecule has 1 aromatic carbocycles. The lowest BCUT2D eigenvalue weighted by Crippen LogP contribution is -2.32. The molecule has 0 spiro atoms. The van der Waals surface area contributed by atoms with Gasteiger partial charge in [-0.05, 0) is 13.0 Å². The van der Waals surface area contributed by atoms with Crippen LogP contribution in [-0.4, -0.2) is 42.8 Å². The lowest BCUT2D eigenvalue weighted by molar-refractivity contribution is -0.138. The molecule has 0 aliphatic heterocycles. The second-order valence-corrected chi connectivity index (χ2v) is 4.73. The number of carboxylic acids is 1. The monoisotopic (exact) mass is 277 g/mol. The molecule has 0 atom stereocenters. The number of carboxylic acid groups (broad SMARTS) is 1. The number of aryl methyl sites for hydroxylation is 1. The SMILES string of the molecule is COCCN(CC(=O)O)Cc1c(C)oc2ccccc12. The van der Waals surface area contributed by atoms with E-state index in [-0.39, 0.29) is 6.54 Å². The maximum atomic E-state index is 10.9. The van der Waals surface area contributed by atoms with Gasteiger partial charge in [0.25, 0.3) is 0 Å². The number of hydrogen-bond acceptors (Lipinski definition) is 4. The number of fused-ring (bicyclic) bond motifs is 1. The van der Waals surface area contributed by atoms with E-state index < -0.39 is 5.97 Å². The van der Waals surface area contributed by atoms with E-state index in [1.165, 1.54) is 0 Å². The van der Waals surface area contributed by atoms with Gasteiger partial charge in [-0.25, -0.2) is 0 Å². The second kappa shape index (κ2) is 6.54. The van der Waals surface area contributed by atoms with Crippen LogP contribution < -0.4 is 0 Å². The Morgan fingerprint density at radius 1 is 1.40 bits per heavy atom. The molecule has 5 nitrogen and oxygen atoms in total. The fourth-order valence-corrected chi connectivity index (χ4v) is 2.27. The third-order valence-electron chi connectivity index (χ3n) is 3.25. The molecule has 5 heteroatoms. The Hall–Kier alpha value is -1.85. The van der Waals surface area contributed by atoms with Crippen LogP contribution in [0.3, 0.4) is 0 Å². The Morgan fingerprint density at radius 2 is 2.15 bits per heavy atom. The number of para-hydroxylation sites is 1. The predicted molar refractivity (Wildman–Crippen MR) is 75.7 cm³/mol. The second-order valence-electron chi connectivity index (χ2n) is 4.73. The predicted octanol–water partition coefficient (Wildman–Crippen LogP) is 2.27. The van der Waals surface area contributed by atoms with Crippen molar-refractivity contribution in [3.8, 4) is 0 Å². The summed E-state index contributed by atoms with van der Waals surface area (Å²) in [6, 6.07) is 7.80. The number of carbonyl (C=O) groups is 1. The molecular weight excluding hydrogens is 258 g/mol. The summed E-state index contributed by atoms with van der Waals surface area (Å²) >= 11 is 0. The minimum absolute atomic E-state index is 0.0116. The van der Waals surface area contributed by atoms with Crippen molar-refractivity contribution in [2.75, 3.05) is 26.8 Å². The van der Waals surface area contributed by atoms with Gasteiger partial charge in [-0.3, -0.25) is 9.69 Å². The minimum Gasteiger partial charge on any atom is -0.480 e. The molecule has 0 fully saturated rings. The molecule has 2 rings (SSSR count). The normalized spacial score (nSPS) is 11.3.